The summed E-state index contributed by atoms with van der Waals surface area (Å²) in [5.41, 5.74) is 1.62. The third-order valence-electron chi connectivity index (χ3n) is 14.9. The number of Topliss-reactive ketones (excluding diaryl/α,β-unsaturated/α-hetero) is 1. The van der Waals surface area contributed by atoms with E-state index in [0.717, 1.165) is 21.9 Å². The van der Waals surface area contributed by atoms with E-state index in [-0.39, 0.29) is 104 Å². The maximum absolute atomic E-state index is 14.1. The number of ether oxygens (including phenoxy) is 4. The van der Waals surface area contributed by atoms with Gasteiger partial charge in [-0.2, -0.15) is 0 Å². The number of nitrogens with zero attached hydrogens (tertiary/aromatic N) is 6. The molecule has 0 aliphatic carbocycles. The number of benzene rings is 2. The largest absolute Gasteiger partial charge is 0.508 e. The van der Waals surface area contributed by atoms with E-state index in [1.165, 1.54) is 9.13 Å². The van der Waals surface area contributed by atoms with Gasteiger partial charge in [0, 0.05) is 76.5 Å². The average molecular weight is 1050 g/mol. The first-order valence-corrected chi connectivity index (χ1v) is 25.5. The summed E-state index contributed by atoms with van der Waals surface area (Å²) in [7, 11) is 7.54. The smallest absolute Gasteiger partial charge is 0.355 e. The second kappa shape index (κ2) is 20.0. The summed E-state index contributed by atoms with van der Waals surface area (Å²) in [6.07, 6.45) is -1.09. The minimum atomic E-state index is -2.01. The number of nitrogens with one attached hydrogen (secondary N) is 1. The Kier molecular flexibility index (Phi) is 13.6. The number of ketones is 1. The van der Waals surface area contributed by atoms with Gasteiger partial charge >= 0.3 is 23.9 Å². The van der Waals surface area contributed by atoms with Crippen molar-refractivity contribution >= 4 is 57.4 Å². The Labute approximate surface area is 440 Å². The average Bonchev–Trinajstić information content (AvgIpc) is 3.96. The highest BCUT2D eigenvalue weighted by atomic mass is 16.6. The van der Waals surface area contributed by atoms with Crippen LogP contribution in [0.3, 0.4) is 0 Å². The molecule has 4 aliphatic heterocycles. The summed E-state index contributed by atoms with van der Waals surface area (Å²) >= 11 is 0. The Morgan fingerprint density at radius 2 is 1.12 bits per heavy atom. The molecule has 0 radical (unpaired) electrons. The van der Waals surface area contributed by atoms with Crippen molar-refractivity contribution in [2.24, 2.45) is 0 Å². The van der Waals surface area contributed by atoms with Crippen molar-refractivity contribution in [1.82, 2.24) is 34.2 Å². The first kappa shape index (κ1) is 52.2. The number of esters is 4. The zero-order valence-corrected chi connectivity index (χ0v) is 43.5. The number of fused-ring (bicyclic) bond motifs is 10. The maximum Gasteiger partial charge on any atom is 0.355 e. The molecular weight excluding hydrogens is 995 g/mol. The van der Waals surface area contributed by atoms with Crippen LogP contribution in [-0.2, 0) is 98.3 Å². The number of carbonyl (C=O) groups is 6. The van der Waals surface area contributed by atoms with E-state index >= 15 is 0 Å². The predicted molar refractivity (Wildman–Crippen MR) is 276 cm³/mol. The Bertz CT molecular complexity index is 3440. The van der Waals surface area contributed by atoms with Crippen LogP contribution in [0.25, 0.3) is 44.6 Å². The zero-order chi connectivity index (χ0) is 54.8. The van der Waals surface area contributed by atoms with Crippen molar-refractivity contribution in [3.8, 4) is 34.3 Å². The molecule has 4 aromatic heterocycles. The second-order valence-corrected chi connectivity index (χ2v) is 20.5. The summed E-state index contributed by atoms with van der Waals surface area (Å²) in [6, 6.07) is 13.6. The lowest BCUT2D eigenvalue weighted by molar-refractivity contribution is -0.189. The standard InChI is InChI=1S/C56H57N7O14/c1-7-55(38-20-42-49-29(23-62(42)51(70)36(38)27-74-53(55)72)18-32-34(25-60(3)4)44(65)15-13-40(32)58-49)76-47(68)17-12-31(64)10-9-11-46(67)57-22-48(69)77-56(8-2)39-21-43-50-30(24-63(43)52(71)37(39)28-75-54(56)73)19-33-35(26-61(5)6)45(66)16-14-41(33)59-50/h13-16,18-21,65-66H,7-12,17,22-28H2,1-6H3,(H,57,67). The fourth-order valence-electron chi connectivity index (χ4n) is 11.0. The Morgan fingerprint density at radius 3 is 1.57 bits per heavy atom. The van der Waals surface area contributed by atoms with Crippen LogP contribution in [0.1, 0.15) is 103 Å². The number of aromatic nitrogens is 4. The first-order valence-electron chi connectivity index (χ1n) is 25.5. The molecular formula is C56H57N7O14. The minimum Gasteiger partial charge on any atom is -0.508 e. The molecule has 21 nitrogen and oxygen atoms in total. The lowest BCUT2D eigenvalue weighted by atomic mass is 9.85. The minimum absolute atomic E-state index is 0.0575. The van der Waals surface area contributed by atoms with Crippen molar-refractivity contribution in [3.63, 3.8) is 0 Å². The third kappa shape index (κ3) is 9.05. The molecule has 2 aromatic carbocycles. The highest BCUT2D eigenvalue weighted by Crippen LogP contribution is 2.44. The molecule has 400 valence electrons. The van der Waals surface area contributed by atoms with Gasteiger partial charge in [-0.1, -0.05) is 13.8 Å². The third-order valence-corrected chi connectivity index (χ3v) is 14.9. The molecule has 0 saturated heterocycles. The Hall–Kier alpha value is -8.30. The fraction of sp³-hybridized carbons (Fsp3) is 0.393. The molecule has 1 amide bonds. The van der Waals surface area contributed by atoms with Gasteiger partial charge in [0.25, 0.3) is 11.1 Å². The van der Waals surface area contributed by atoms with E-state index in [0.29, 0.717) is 58.0 Å². The van der Waals surface area contributed by atoms with Crippen molar-refractivity contribution in [2.75, 3.05) is 34.7 Å². The van der Waals surface area contributed by atoms with Crippen LogP contribution in [0, 0.1) is 0 Å². The second-order valence-electron chi connectivity index (χ2n) is 20.5. The van der Waals surface area contributed by atoms with E-state index in [1.54, 1.807) is 50.2 Å². The van der Waals surface area contributed by atoms with Gasteiger partial charge in [0.15, 0.2) is 0 Å². The number of carbonyl (C=O) groups excluding carboxylic acids is 6. The van der Waals surface area contributed by atoms with Crippen molar-refractivity contribution in [3.05, 3.63) is 114 Å². The van der Waals surface area contributed by atoms with Crippen LogP contribution >= 0.6 is 0 Å². The molecule has 0 saturated carbocycles. The van der Waals surface area contributed by atoms with Gasteiger partial charge in [0.05, 0.1) is 64.4 Å². The van der Waals surface area contributed by atoms with Gasteiger partial charge in [-0.15, -0.1) is 0 Å². The predicted octanol–water partition coefficient (Wildman–Crippen LogP) is 4.44. The van der Waals surface area contributed by atoms with Crippen LogP contribution in [0.2, 0.25) is 0 Å². The number of amides is 1. The van der Waals surface area contributed by atoms with Gasteiger partial charge in [-0.05, 0) is 96.0 Å². The molecule has 0 bridgehead atoms. The number of phenolic OH excluding ortho intramolecular Hbond substituents is 2. The molecule has 0 spiro atoms. The van der Waals surface area contributed by atoms with Crippen molar-refractivity contribution in [1.29, 1.82) is 0 Å². The van der Waals surface area contributed by atoms with E-state index in [9.17, 15) is 48.6 Å². The fourth-order valence-corrected chi connectivity index (χ4v) is 11.0. The molecule has 2 atom stereocenters. The lowest BCUT2D eigenvalue weighted by Gasteiger charge is -2.35. The number of phenols is 2. The van der Waals surface area contributed by atoms with E-state index < -0.39 is 65.1 Å². The van der Waals surface area contributed by atoms with Crippen LogP contribution in [0.4, 0.5) is 0 Å². The highest BCUT2D eigenvalue weighted by Gasteiger charge is 2.52. The Morgan fingerprint density at radius 1 is 0.649 bits per heavy atom. The number of hydrogen-bond acceptors (Lipinski definition) is 18. The lowest BCUT2D eigenvalue weighted by Crippen LogP contribution is -2.48. The molecule has 3 N–H and O–H groups in total. The number of rotatable bonds is 17. The van der Waals surface area contributed by atoms with Gasteiger partial charge in [0.2, 0.25) is 17.1 Å². The van der Waals surface area contributed by atoms with E-state index in [4.69, 9.17) is 28.9 Å². The molecule has 77 heavy (non-hydrogen) atoms. The number of hydrogen-bond donors (Lipinski definition) is 3. The summed E-state index contributed by atoms with van der Waals surface area (Å²) in [6.45, 7) is 3.16. The summed E-state index contributed by atoms with van der Waals surface area (Å²) in [5.74, 6) is -4.33. The monoisotopic (exact) mass is 1050 g/mol. The summed E-state index contributed by atoms with van der Waals surface area (Å²) in [5, 5.41) is 25.3. The molecule has 4 aliphatic rings. The molecule has 0 fully saturated rings. The number of cyclic esters (lactones) is 2. The van der Waals surface area contributed by atoms with Crippen molar-refractivity contribution in [2.45, 2.75) is 109 Å². The quantitative estimate of drug-likeness (QED) is 0.0840. The van der Waals surface area contributed by atoms with Gasteiger partial charge in [-0.3, -0.25) is 28.8 Å². The molecule has 8 heterocycles. The first-order chi connectivity index (χ1) is 36.8. The molecule has 21 heteroatoms. The number of aromatic hydroxyl groups is 2. The van der Waals surface area contributed by atoms with Crippen LogP contribution < -0.4 is 16.4 Å². The van der Waals surface area contributed by atoms with Gasteiger partial charge in [0.1, 0.15) is 37.0 Å². The van der Waals surface area contributed by atoms with Crippen LogP contribution in [0.15, 0.2) is 58.1 Å². The van der Waals surface area contributed by atoms with Crippen LogP contribution in [0.5, 0.6) is 11.5 Å². The molecule has 2 unspecified atom stereocenters. The molecule has 10 rings (SSSR count). The van der Waals surface area contributed by atoms with Crippen LogP contribution in [-0.4, -0.2) is 109 Å². The van der Waals surface area contributed by atoms with E-state index in [1.807, 2.05) is 50.1 Å². The molecule has 6 aromatic rings. The number of pyridine rings is 4. The zero-order valence-electron chi connectivity index (χ0n) is 43.5. The summed E-state index contributed by atoms with van der Waals surface area (Å²) in [4.78, 5) is 122. The normalized spacial score (nSPS) is 17.8. The topological polar surface area (TPSA) is 268 Å². The van der Waals surface area contributed by atoms with Gasteiger partial charge in [-0.25, -0.2) is 19.6 Å². The summed E-state index contributed by atoms with van der Waals surface area (Å²) < 4.78 is 25.7. The highest BCUT2D eigenvalue weighted by molar-refractivity contribution is 5.93. The van der Waals surface area contributed by atoms with Gasteiger partial charge < -0.3 is 53.4 Å². The SMILES string of the molecule is CCC1(OC(=O)CCC(=O)CCCC(=O)NCC(=O)OC2(CC)C(=O)OCc3c2cc2n(c3=O)Cc3cc4c(CN(C)C)c(O)ccc4nc3-2)C(=O)OCc2c1cc1n(c2=O)Cc2cc3c(CN(C)C)c(O)ccc3nc2-1. The van der Waals surface area contributed by atoms with Crippen molar-refractivity contribution < 1.29 is 57.9 Å². The Balaban J connectivity index is 0.755. The maximum atomic E-state index is 14.1. The van der Waals surface area contributed by atoms with E-state index in [2.05, 4.69) is 5.32 Å².